The number of rotatable bonds is 6. The highest BCUT2D eigenvalue weighted by Gasteiger charge is 2.10. The van der Waals surface area contributed by atoms with Crippen LogP contribution in [0.15, 0.2) is 18.5 Å². The highest BCUT2D eigenvalue weighted by molar-refractivity contribution is 5.99. The summed E-state index contributed by atoms with van der Waals surface area (Å²) >= 11 is 0. The van der Waals surface area contributed by atoms with Gasteiger partial charge in [-0.2, -0.15) is 0 Å². The molecule has 1 aromatic rings. The number of carbonyl (C=O) groups excluding carboxylic acids is 2. The topological polar surface area (TPSA) is 112 Å². The van der Waals surface area contributed by atoms with Crippen LogP contribution in [0.1, 0.15) is 20.7 Å². The summed E-state index contributed by atoms with van der Waals surface area (Å²) in [5, 5.41) is 22.1. The van der Waals surface area contributed by atoms with Crippen LogP contribution in [-0.4, -0.2) is 53.3 Å². The zero-order valence-electron chi connectivity index (χ0n) is 9.72. The molecule has 18 heavy (non-hydrogen) atoms. The molecule has 7 nitrogen and oxygen atoms in total. The van der Waals surface area contributed by atoms with Crippen LogP contribution < -0.4 is 10.6 Å². The monoisotopic (exact) mass is 253 g/mol. The Morgan fingerprint density at radius 1 is 1.00 bits per heavy atom. The molecule has 98 valence electrons. The van der Waals surface area contributed by atoms with Gasteiger partial charge in [-0.1, -0.05) is 0 Å². The van der Waals surface area contributed by atoms with E-state index in [0.29, 0.717) is 0 Å². The summed E-state index contributed by atoms with van der Waals surface area (Å²) in [5.74, 6) is -0.818. The summed E-state index contributed by atoms with van der Waals surface area (Å²) < 4.78 is 0. The Labute approximate surface area is 104 Å². The van der Waals surface area contributed by atoms with Gasteiger partial charge in [-0.05, 0) is 6.07 Å². The van der Waals surface area contributed by atoms with Gasteiger partial charge in [0.25, 0.3) is 11.8 Å². The van der Waals surface area contributed by atoms with Crippen molar-refractivity contribution in [2.45, 2.75) is 0 Å². The summed E-state index contributed by atoms with van der Waals surface area (Å²) in [6.07, 6.45) is 2.66. The van der Waals surface area contributed by atoms with Crippen molar-refractivity contribution in [3.05, 3.63) is 29.6 Å². The molecule has 0 spiro atoms. The van der Waals surface area contributed by atoms with Gasteiger partial charge >= 0.3 is 0 Å². The van der Waals surface area contributed by atoms with E-state index >= 15 is 0 Å². The Hall–Kier alpha value is -1.99. The van der Waals surface area contributed by atoms with E-state index in [4.69, 9.17) is 10.2 Å². The molecule has 0 unspecified atom stereocenters. The van der Waals surface area contributed by atoms with Gasteiger partial charge in [-0.25, -0.2) is 0 Å². The molecule has 0 aliphatic rings. The summed E-state index contributed by atoms with van der Waals surface area (Å²) in [6, 6.07) is 1.40. The lowest BCUT2D eigenvalue weighted by Gasteiger charge is -2.05. The zero-order chi connectivity index (χ0) is 13.4. The number of hydrogen-bond donors (Lipinski definition) is 4. The van der Waals surface area contributed by atoms with Gasteiger partial charge < -0.3 is 20.8 Å². The highest BCUT2D eigenvalue weighted by atomic mass is 16.3. The van der Waals surface area contributed by atoms with Gasteiger partial charge in [-0.15, -0.1) is 0 Å². The van der Waals surface area contributed by atoms with Crippen LogP contribution in [0.25, 0.3) is 0 Å². The second-order valence-electron chi connectivity index (χ2n) is 3.42. The minimum absolute atomic E-state index is 0.139. The normalized spacial score (nSPS) is 9.89. The Morgan fingerprint density at radius 2 is 1.44 bits per heavy atom. The molecule has 0 saturated carbocycles. The molecule has 0 saturated heterocycles. The number of amides is 2. The van der Waals surface area contributed by atoms with E-state index in [-0.39, 0.29) is 37.4 Å². The van der Waals surface area contributed by atoms with Crippen molar-refractivity contribution < 1.29 is 19.8 Å². The molecule has 2 amide bonds. The summed E-state index contributed by atoms with van der Waals surface area (Å²) in [7, 11) is 0. The van der Waals surface area contributed by atoms with Crippen molar-refractivity contribution >= 4 is 11.8 Å². The van der Waals surface area contributed by atoms with Gasteiger partial charge in [0.15, 0.2) is 0 Å². The Kier molecular flexibility index (Phi) is 5.75. The first-order chi connectivity index (χ1) is 8.69. The van der Waals surface area contributed by atoms with Gasteiger partial charge in [0.2, 0.25) is 0 Å². The molecule has 1 aromatic heterocycles. The summed E-state index contributed by atoms with van der Waals surface area (Å²) in [5.41, 5.74) is 0.472. The van der Waals surface area contributed by atoms with Crippen LogP contribution in [0, 0.1) is 0 Å². The lowest BCUT2D eigenvalue weighted by Crippen LogP contribution is -2.28. The third-order valence-corrected chi connectivity index (χ3v) is 2.06. The second kappa shape index (κ2) is 7.36. The van der Waals surface area contributed by atoms with E-state index in [9.17, 15) is 9.59 Å². The quantitative estimate of drug-likeness (QED) is 0.494. The number of hydrogen-bond acceptors (Lipinski definition) is 5. The molecule has 0 radical (unpaired) electrons. The number of nitrogens with zero attached hydrogens (tertiary/aromatic N) is 1. The molecular formula is C11H15N3O4. The molecule has 0 bridgehead atoms. The largest absolute Gasteiger partial charge is 0.395 e. The van der Waals surface area contributed by atoms with E-state index < -0.39 is 11.8 Å². The fourth-order valence-corrected chi connectivity index (χ4v) is 1.23. The molecule has 7 heteroatoms. The molecular weight excluding hydrogens is 238 g/mol. The molecule has 0 aliphatic heterocycles. The number of aliphatic hydroxyl groups excluding tert-OH is 2. The number of aromatic nitrogens is 1. The molecule has 0 aliphatic carbocycles. The maximum atomic E-state index is 11.6. The SMILES string of the molecule is O=C(NCCO)c1cncc(C(=O)NCCO)c1. The molecule has 1 rings (SSSR count). The van der Waals surface area contributed by atoms with Gasteiger partial charge in [0.1, 0.15) is 0 Å². The van der Waals surface area contributed by atoms with Crippen molar-refractivity contribution in [3.63, 3.8) is 0 Å². The van der Waals surface area contributed by atoms with Crippen molar-refractivity contribution in [1.82, 2.24) is 15.6 Å². The first-order valence-electron chi connectivity index (χ1n) is 5.42. The first kappa shape index (κ1) is 14.1. The number of aliphatic hydroxyl groups is 2. The Balaban J connectivity index is 2.72. The first-order valence-corrected chi connectivity index (χ1v) is 5.42. The molecule has 0 aromatic carbocycles. The zero-order valence-corrected chi connectivity index (χ0v) is 9.72. The van der Waals surface area contributed by atoms with Crippen LogP contribution in [-0.2, 0) is 0 Å². The van der Waals surface area contributed by atoms with Gasteiger partial charge in [0, 0.05) is 25.5 Å². The van der Waals surface area contributed by atoms with E-state index in [1.54, 1.807) is 0 Å². The van der Waals surface area contributed by atoms with Crippen LogP contribution in [0.5, 0.6) is 0 Å². The lowest BCUT2D eigenvalue weighted by molar-refractivity contribution is 0.0944. The van der Waals surface area contributed by atoms with Crippen molar-refractivity contribution in [1.29, 1.82) is 0 Å². The lowest BCUT2D eigenvalue weighted by atomic mass is 10.2. The maximum Gasteiger partial charge on any atom is 0.252 e. The number of nitrogens with one attached hydrogen (secondary N) is 2. The minimum Gasteiger partial charge on any atom is -0.395 e. The van der Waals surface area contributed by atoms with Crippen molar-refractivity contribution in [2.75, 3.05) is 26.3 Å². The minimum atomic E-state index is -0.409. The molecule has 0 atom stereocenters. The van der Waals surface area contributed by atoms with E-state index in [1.807, 2.05) is 0 Å². The van der Waals surface area contributed by atoms with Gasteiger partial charge in [-0.3, -0.25) is 14.6 Å². The standard InChI is InChI=1S/C11H15N3O4/c15-3-1-13-10(17)8-5-9(7-12-6-8)11(18)14-2-4-16/h5-7,15-16H,1-4H2,(H,13,17)(H,14,18). The average Bonchev–Trinajstić information content (AvgIpc) is 2.42. The molecule has 1 heterocycles. The van der Waals surface area contributed by atoms with Crippen LogP contribution in [0.2, 0.25) is 0 Å². The van der Waals surface area contributed by atoms with Crippen molar-refractivity contribution in [2.24, 2.45) is 0 Å². The summed E-state index contributed by atoms with van der Waals surface area (Å²) in [4.78, 5) is 26.9. The highest BCUT2D eigenvalue weighted by Crippen LogP contribution is 2.02. The predicted molar refractivity (Wildman–Crippen MR) is 63.1 cm³/mol. The third kappa shape index (κ3) is 4.11. The predicted octanol–water partition coefficient (Wildman–Crippen LogP) is -1.47. The van der Waals surface area contributed by atoms with Crippen LogP contribution in [0.3, 0.4) is 0 Å². The van der Waals surface area contributed by atoms with E-state index in [0.717, 1.165) is 0 Å². The molecule has 0 fully saturated rings. The average molecular weight is 253 g/mol. The second-order valence-corrected chi connectivity index (χ2v) is 3.42. The number of pyridine rings is 1. The van der Waals surface area contributed by atoms with Gasteiger partial charge in [0.05, 0.1) is 24.3 Å². The van der Waals surface area contributed by atoms with Crippen molar-refractivity contribution in [3.8, 4) is 0 Å². The third-order valence-electron chi connectivity index (χ3n) is 2.06. The molecule has 4 N–H and O–H groups in total. The van der Waals surface area contributed by atoms with Crippen LogP contribution in [0.4, 0.5) is 0 Å². The fourth-order valence-electron chi connectivity index (χ4n) is 1.23. The fraction of sp³-hybridized carbons (Fsp3) is 0.364. The summed E-state index contributed by atoms with van der Waals surface area (Å²) in [6.45, 7) is -0.0365. The van der Waals surface area contributed by atoms with E-state index in [1.165, 1.54) is 18.5 Å². The maximum absolute atomic E-state index is 11.6. The Bertz CT molecular complexity index is 387. The van der Waals surface area contributed by atoms with E-state index in [2.05, 4.69) is 15.6 Å². The van der Waals surface area contributed by atoms with Crippen LogP contribution >= 0.6 is 0 Å². The smallest absolute Gasteiger partial charge is 0.252 e. The number of carbonyl (C=O) groups is 2. The Morgan fingerprint density at radius 3 is 1.83 bits per heavy atom.